The van der Waals surface area contributed by atoms with Gasteiger partial charge in [0.25, 0.3) is 0 Å². The Bertz CT molecular complexity index is 505. The second-order valence-electron chi connectivity index (χ2n) is 3.52. The van der Waals surface area contributed by atoms with Crippen molar-refractivity contribution in [1.29, 1.82) is 0 Å². The summed E-state index contributed by atoms with van der Waals surface area (Å²) < 4.78 is 11.3. The number of benzene rings is 1. The van der Waals surface area contributed by atoms with Gasteiger partial charge in [0, 0.05) is 28.1 Å². The minimum Gasteiger partial charge on any atom is -0.380 e. The molecule has 2 aliphatic rings. The van der Waals surface area contributed by atoms with Crippen LogP contribution in [0.2, 0.25) is 0 Å². The lowest BCUT2D eigenvalue weighted by atomic mass is 10.2. The molecule has 0 aromatic heterocycles. The molecule has 1 aromatic rings. The smallest absolute Gasteiger partial charge is 0.0725 e. The van der Waals surface area contributed by atoms with Crippen LogP contribution < -0.4 is 5.32 Å². The van der Waals surface area contributed by atoms with Crippen molar-refractivity contribution in [2.75, 3.05) is 16.9 Å². The van der Waals surface area contributed by atoms with Gasteiger partial charge in [-0.2, -0.15) is 0 Å². The highest BCUT2D eigenvalue weighted by molar-refractivity contribution is 8.27. The largest absolute Gasteiger partial charge is 0.380 e. The fraction of sp³-hybridized carbons (Fsp3) is 0.182. The molecule has 4 heteroatoms. The first-order valence-corrected chi connectivity index (χ1v) is 7.63. The highest BCUT2D eigenvalue weighted by Crippen LogP contribution is 2.33. The van der Waals surface area contributed by atoms with Gasteiger partial charge in [-0.25, -0.2) is 0 Å². The lowest BCUT2D eigenvalue weighted by Crippen LogP contribution is -2.04. The van der Waals surface area contributed by atoms with E-state index in [1.807, 2.05) is 11.5 Å². The number of hydrogen-bond acceptors (Lipinski definition) is 2. The van der Waals surface area contributed by atoms with Crippen LogP contribution in [0.25, 0.3) is 0 Å². The zero-order valence-electron chi connectivity index (χ0n) is 8.10. The van der Waals surface area contributed by atoms with Crippen LogP contribution in [0.4, 0.5) is 5.69 Å². The number of rotatable bonds is 0. The Morgan fingerprint density at radius 3 is 2.87 bits per heavy atom. The van der Waals surface area contributed by atoms with E-state index in [-0.39, 0.29) is 10.5 Å². The van der Waals surface area contributed by atoms with Crippen LogP contribution in [-0.2, 0) is 10.8 Å². The topological polar surface area (TPSA) is 29.1 Å². The zero-order chi connectivity index (χ0) is 10.3. The molecule has 2 aliphatic heterocycles. The molecule has 3 rings (SSSR count). The maximum Gasteiger partial charge on any atom is 0.0725 e. The molecule has 0 spiro atoms. The molecule has 0 fully saturated rings. The van der Waals surface area contributed by atoms with E-state index in [0.717, 1.165) is 11.6 Å². The Morgan fingerprint density at radius 1 is 1.20 bits per heavy atom. The molecule has 1 N–H and O–H groups in total. The van der Waals surface area contributed by atoms with Crippen LogP contribution >= 0.6 is 10.5 Å². The van der Waals surface area contributed by atoms with Gasteiger partial charge in [0.2, 0.25) is 0 Å². The molecular weight excluding hydrogens is 226 g/mol. The van der Waals surface area contributed by atoms with Gasteiger partial charge in [-0.15, -0.1) is 10.5 Å². The summed E-state index contributed by atoms with van der Waals surface area (Å²) in [5.41, 5.74) is 2.52. The van der Waals surface area contributed by atoms with Gasteiger partial charge < -0.3 is 5.32 Å². The summed E-state index contributed by atoms with van der Waals surface area (Å²) in [6.07, 6.45) is 0. The van der Waals surface area contributed by atoms with E-state index in [1.165, 1.54) is 16.1 Å². The fourth-order valence-corrected chi connectivity index (χ4v) is 5.98. The van der Waals surface area contributed by atoms with Crippen molar-refractivity contribution in [3.8, 4) is 0 Å². The molecule has 2 nitrogen and oxygen atoms in total. The average Bonchev–Trinajstić information content (AvgIpc) is 2.83. The normalized spacial score (nSPS) is 30.3. The van der Waals surface area contributed by atoms with Crippen LogP contribution in [0.3, 0.4) is 0 Å². The van der Waals surface area contributed by atoms with Gasteiger partial charge in [-0.05, 0) is 11.5 Å². The molecule has 2 unspecified atom stereocenters. The van der Waals surface area contributed by atoms with Crippen molar-refractivity contribution in [2.24, 2.45) is 0 Å². The average molecular weight is 237 g/mol. The standard InChI is InChI=1S/C11H11NOS2/c13-15-6-5-14(8-15)11-7-12-10-4-2-1-3-9(10)11/h1-6,12H,7-8H2. The summed E-state index contributed by atoms with van der Waals surface area (Å²) >= 11 is 0. The number of hydrogen-bond donors (Lipinski definition) is 1. The minimum atomic E-state index is -0.743. The molecule has 2 atom stereocenters. The van der Waals surface area contributed by atoms with E-state index in [0.29, 0.717) is 0 Å². The van der Waals surface area contributed by atoms with E-state index in [1.54, 1.807) is 0 Å². The van der Waals surface area contributed by atoms with Crippen LogP contribution in [0, 0.1) is 0 Å². The summed E-state index contributed by atoms with van der Waals surface area (Å²) in [6, 6.07) is 8.35. The summed E-state index contributed by atoms with van der Waals surface area (Å²) in [6.45, 7) is 0.907. The SMILES string of the molecule is O=S1C=CS(=C2CNc3ccccc32)C1. The Hall–Kier alpha value is -0.870. The van der Waals surface area contributed by atoms with E-state index in [2.05, 4.69) is 28.9 Å². The Balaban J connectivity index is 2.11. The van der Waals surface area contributed by atoms with Gasteiger partial charge in [-0.1, -0.05) is 18.2 Å². The van der Waals surface area contributed by atoms with E-state index in [9.17, 15) is 4.21 Å². The van der Waals surface area contributed by atoms with Crippen molar-refractivity contribution in [2.45, 2.75) is 0 Å². The van der Waals surface area contributed by atoms with Crippen LogP contribution in [0.15, 0.2) is 35.1 Å². The quantitative estimate of drug-likeness (QED) is 0.700. The summed E-state index contributed by atoms with van der Waals surface area (Å²) in [5.74, 6) is 0. The van der Waals surface area contributed by atoms with Crippen LogP contribution in [0.1, 0.15) is 5.56 Å². The highest BCUT2D eigenvalue weighted by atomic mass is 32.2. The number of fused-ring (bicyclic) bond motifs is 1. The minimum absolute atomic E-state index is 0.0794. The van der Waals surface area contributed by atoms with E-state index in [4.69, 9.17) is 0 Å². The Labute approximate surface area is 93.8 Å². The number of para-hydroxylation sites is 1. The van der Waals surface area contributed by atoms with E-state index < -0.39 is 10.8 Å². The predicted octanol–water partition coefficient (Wildman–Crippen LogP) is 2.09. The van der Waals surface area contributed by atoms with Crippen molar-refractivity contribution < 1.29 is 4.21 Å². The molecule has 0 aliphatic carbocycles. The lowest BCUT2D eigenvalue weighted by molar-refractivity contribution is 0.691. The molecule has 1 aromatic carbocycles. The molecule has 0 radical (unpaired) electrons. The third-order valence-electron chi connectivity index (χ3n) is 2.60. The molecule has 2 heterocycles. The fourth-order valence-electron chi connectivity index (χ4n) is 1.87. The molecule has 0 bridgehead atoms. The molecular formula is C11H11NOS2. The lowest BCUT2D eigenvalue weighted by Gasteiger charge is -2.02. The van der Waals surface area contributed by atoms with Crippen molar-refractivity contribution >= 4 is 31.8 Å². The number of nitrogens with one attached hydrogen (secondary N) is 1. The first-order valence-electron chi connectivity index (χ1n) is 4.79. The van der Waals surface area contributed by atoms with Crippen LogP contribution in [0.5, 0.6) is 0 Å². The summed E-state index contributed by atoms with van der Waals surface area (Å²) in [5, 5.41) is 8.10. The van der Waals surface area contributed by atoms with Gasteiger partial charge in [0.15, 0.2) is 0 Å². The van der Waals surface area contributed by atoms with E-state index >= 15 is 0 Å². The summed E-state index contributed by atoms with van der Waals surface area (Å²) in [4.78, 5) is 1.41. The maximum atomic E-state index is 11.3. The van der Waals surface area contributed by atoms with Crippen molar-refractivity contribution in [3.63, 3.8) is 0 Å². The molecule has 0 saturated carbocycles. The predicted molar refractivity (Wildman–Crippen MR) is 68.8 cm³/mol. The van der Waals surface area contributed by atoms with Crippen LogP contribution in [-0.4, -0.2) is 20.7 Å². The van der Waals surface area contributed by atoms with Gasteiger partial charge in [0.05, 0.1) is 15.9 Å². The first-order chi connectivity index (χ1) is 7.34. The number of anilines is 1. The second-order valence-corrected chi connectivity index (χ2v) is 7.12. The summed E-state index contributed by atoms with van der Waals surface area (Å²) in [7, 11) is -0.663. The van der Waals surface area contributed by atoms with Gasteiger partial charge >= 0.3 is 0 Å². The van der Waals surface area contributed by atoms with Gasteiger partial charge in [-0.3, -0.25) is 4.21 Å². The van der Waals surface area contributed by atoms with Crippen molar-refractivity contribution in [1.82, 2.24) is 0 Å². The second kappa shape index (κ2) is 3.61. The Kier molecular flexibility index (Phi) is 2.25. The Morgan fingerprint density at radius 2 is 2.07 bits per heavy atom. The first kappa shape index (κ1) is 9.36. The zero-order valence-corrected chi connectivity index (χ0v) is 9.74. The van der Waals surface area contributed by atoms with Crippen molar-refractivity contribution in [3.05, 3.63) is 40.6 Å². The molecule has 78 valence electrons. The van der Waals surface area contributed by atoms with Gasteiger partial charge in [0.1, 0.15) is 0 Å². The maximum absolute atomic E-state index is 11.3. The molecule has 15 heavy (non-hydrogen) atoms. The monoisotopic (exact) mass is 237 g/mol. The third kappa shape index (κ3) is 1.58. The molecule has 0 saturated heterocycles. The highest BCUT2D eigenvalue weighted by Gasteiger charge is 2.19. The third-order valence-corrected chi connectivity index (χ3v) is 6.62. The molecule has 0 amide bonds.